The van der Waals surface area contributed by atoms with Crippen molar-refractivity contribution in [1.29, 1.82) is 0 Å². The molecule has 0 aromatic heterocycles. The van der Waals surface area contributed by atoms with E-state index >= 15 is 0 Å². The third kappa shape index (κ3) is 4.40. The maximum Gasteiger partial charge on any atom is 0.327 e. The molecule has 0 saturated heterocycles. The van der Waals surface area contributed by atoms with Gasteiger partial charge in [0, 0.05) is 0 Å². The molecule has 0 aromatic rings. The Morgan fingerprint density at radius 2 is 1.46 bits per heavy atom. The summed E-state index contributed by atoms with van der Waals surface area (Å²) in [7, 11) is 0. The predicted octanol–water partition coefficient (Wildman–Crippen LogP) is 1.37. The first-order chi connectivity index (χ1) is 6.29. The molecule has 75 valence electrons. The Balaban J connectivity index is 4.44. The van der Waals surface area contributed by atoms with Crippen LogP contribution in [0, 0.1) is 0 Å². The van der Waals surface area contributed by atoms with Crippen LogP contribution in [-0.4, -0.2) is 26.1 Å². The first-order valence-corrected chi connectivity index (χ1v) is 4.30. The zero-order valence-electron chi connectivity index (χ0n) is 8.25. The third-order valence-electron chi connectivity index (χ3n) is 1.12. The van der Waals surface area contributed by atoms with Crippen molar-refractivity contribution < 1.29 is 19.0 Å². The molecule has 13 heavy (non-hydrogen) atoms. The van der Waals surface area contributed by atoms with Gasteiger partial charge in [-0.05, 0) is 20.8 Å². The van der Waals surface area contributed by atoms with Gasteiger partial charge in [0.15, 0.2) is 0 Å². The smallest absolute Gasteiger partial charge is 0.327 e. The summed E-state index contributed by atoms with van der Waals surface area (Å²) >= 11 is 0. The predicted molar refractivity (Wildman–Crippen MR) is 47.6 cm³/mol. The molecule has 0 unspecified atom stereocenters. The first kappa shape index (κ1) is 11.8. The van der Waals surface area contributed by atoms with E-state index in [0.29, 0.717) is 19.8 Å². The molecule has 0 N–H and O–H groups in total. The summed E-state index contributed by atoms with van der Waals surface area (Å²) in [6.45, 7) is 6.60. The van der Waals surface area contributed by atoms with Gasteiger partial charge in [0.1, 0.15) is 0 Å². The second kappa shape index (κ2) is 7.46. The molecular weight excluding hydrogens is 172 g/mol. The lowest BCUT2D eigenvalue weighted by Gasteiger charge is -2.10. The fraction of sp³-hybridized carbons (Fsp3) is 0.667. The van der Waals surface area contributed by atoms with Crippen LogP contribution in [-0.2, 0) is 19.0 Å². The van der Waals surface area contributed by atoms with E-state index in [0.717, 1.165) is 0 Å². The summed E-state index contributed by atoms with van der Waals surface area (Å²) < 4.78 is 15.1. The Bertz CT molecular complexity index is 166. The molecule has 0 spiro atoms. The van der Waals surface area contributed by atoms with Gasteiger partial charge in [-0.15, -0.1) is 0 Å². The second-order valence-corrected chi connectivity index (χ2v) is 2.02. The van der Waals surface area contributed by atoms with Crippen molar-refractivity contribution in [3.8, 4) is 0 Å². The minimum atomic E-state index is -0.00815. The maximum absolute atomic E-state index is 10.4. The summed E-state index contributed by atoms with van der Waals surface area (Å²) in [4.78, 5) is 10.4. The largest absolute Gasteiger partial charge is 0.484 e. The molecule has 0 amide bonds. The highest BCUT2D eigenvalue weighted by atomic mass is 16.7. The van der Waals surface area contributed by atoms with Crippen LogP contribution in [0.5, 0.6) is 0 Å². The minimum Gasteiger partial charge on any atom is -0.484 e. The number of allylic oxidation sites excluding steroid dienone is 1. The molecule has 0 atom stereocenters. The molecule has 0 rings (SSSR count). The third-order valence-corrected chi connectivity index (χ3v) is 1.12. The monoisotopic (exact) mass is 187 g/mol. The van der Waals surface area contributed by atoms with Crippen molar-refractivity contribution in [3.63, 3.8) is 0 Å². The Labute approximate surface area is 78.5 Å². The summed E-state index contributed by atoms with van der Waals surface area (Å²) in [5.74, 6) is 0.105. The van der Waals surface area contributed by atoms with Gasteiger partial charge in [0.2, 0.25) is 0 Å². The van der Waals surface area contributed by atoms with Crippen molar-refractivity contribution in [2.24, 2.45) is 0 Å². The fourth-order valence-corrected chi connectivity index (χ4v) is 0.709. The van der Waals surface area contributed by atoms with Crippen LogP contribution in [0.3, 0.4) is 0 Å². The number of hydrogen-bond acceptors (Lipinski definition) is 4. The highest BCUT2D eigenvalue weighted by Gasteiger charge is 2.10. The topological polar surface area (TPSA) is 44.8 Å². The number of rotatable bonds is 7. The standard InChI is InChI=1S/C9H15O4/c1-4-11-8(7-10)9(12-5-2)13-6-3/h4-6H2,1-3H3. The number of hydrogen-bond donors (Lipinski definition) is 0. The van der Waals surface area contributed by atoms with Crippen LogP contribution in [0.15, 0.2) is 11.7 Å². The summed E-state index contributed by atoms with van der Waals surface area (Å²) in [6, 6.07) is 0. The van der Waals surface area contributed by atoms with Crippen LogP contribution in [0.1, 0.15) is 20.8 Å². The van der Waals surface area contributed by atoms with Crippen LogP contribution >= 0.6 is 0 Å². The van der Waals surface area contributed by atoms with Crippen LogP contribution in [0.4, 0.5) is 0 Å². The van der Waals surface area contributed by atoms with Gasteiger partial charge >= 0.3 is 5.95 Å². The molecular formula is C9H15O4. The fourth-order valence-electron chi connectivity index (χ4n) is 0.709. The maximum atomic E-state index is 10.4. The number of ether oxygens (including phenoxy) is 3. The lowest BCUT2D eigenvalue weighted by atomic mass is 10.5. The minimum absolute atomic E-state index is 0.00815. The summed E-state index contributed by atoms with van der Waals surface area (Å²) in [6.07, 6.45) is 1.63. The Morgan fingerprint density at radius 1 is 1.00 bits per heavy atom. The molecule has 0 bridgehead atoms. The van der Waals surface area contributed by atoms with Gasteiger partial charge in [-0.2, -0.15) is 0 Å². The zero-order valence-corrected chi connectivity index (χ0v) is 8.25. The van der Waals surface area contributed by atoms with Gasteiger partial charge < -0.3 is 14.2 Å². The highest BCUT2D eigenvalue weighted by molar-refractivity contribution is 5.71. The SMILES string of the molecule is CCOC([C]=O)=C(OCC)OCC. The van der Waals surface area contributed by atoms with E-state index in [2.05, 4.69) is 0 Å². The Morgan fingerprint density at radius 3 is 1.77 bits per heavy atom. The van der Waals surface area contributed by atoms with E-state index < -0.39 is 0 Å². The lowest BCUT2D eigenvalue weighted by molar-refractivity contribution is 0.0274. The van der Waals surface area contributed by atoms with E-state index in [4.69, 9.17) is 14.2 Å². The highest BCUT2D eigenvalue weighted by Crippen LogP contribution is 2.07. The first-order valence-electron chi connectivity index (χ1n) is 4.30. The molecule has 0 aliphatic heterocycles. The molecule has 0 heterocycles. The van der Waals surface area contributed by atoms with Gasteiger partial charge in [0.25, 0.3) is 12.0 Å². The average molecular weight is 187 g/mol. The molecule has 1 radical (unpaired) electrons. The van der Waals surface area contributed by atoms with E-state index in [1.165, 1.54) is 0 Å². The van der Waals surface area contributed by atoms with Crippen LogP contribution in [0.2, 0.25) is 0 Å². The Kier molecular flexibility index (Phi) is 6.78. The van der Waals surface area contributed by atoms with E-state index in [1.54, 1.807) is 27.1 Å². The average Bonchev–Trinajstić information content (AvgIpc) is 2.14. The molecule has 0 saturated carbocycles. The lowest BCUT2D eigenvalue weighted by Crippen LogP contribution is -2.06. The van der Waals surface area contributed by atoms with Crippen LogP contribution < -0.4 is 0 Å². The van der Waals surface area contributed by atoms with E-state index in [1.807, 2.05) is 0 Å². The van der Waals surface area contributed by atoms with Crippen molar-refractivity contribution >= 4 is 6.29 Å². The summed E-state index contributed by atoms with van der Waals surface area (Å²) in [5, 5.41) is 0. The van der Waals surface area contributed by atoms with Crippen molar-refractivity contribution in [2.45, 2.75) is 20.8 Å². The molecule has 4 heteroatoms. The normalized spacial score (nSPS) is 8.85. The van der Waals surface area contributed by atoms with Crippen molar-refractivity contribution in [2.75, 3.05) is 19.8 Å². The van der Waals surface area contributed by atoms with Crippen molar-refractivity contribution in [1.82, 2.24) is 0 Å². The van der Waals surface area contributed by atoms with E-state index in [9.17, 15) is 4.79 Å². The molecule has 0 fully saturated rings. The molecule has 4 nitrogen and oxygen atoms in total. The Hall–Kier alpha value is -1.19. The second-order valence-electron chi connectivity index (χ2n) is 2.02. The summed E-state index contributed by atoms with van der Waals surface area (Å²) in [5.41, 5.74) is 0. The van der Waals surface area contributed by atoms with Crippen LogP contribution in [0.25, 0.3) is 0 Å². The molecule has 0 aliphatic rings. The molecule has 0 aliphatic carbocycles. The van der Waals surface area contributed by atoms with Gasteiger partial charge in [-0.3, -0.25) is 4.79 Å². The number of carbonyl (C=O) groups excluding carboxylic acids is 1. The zero-order chi connectivity index (χ0) is 10.1. The van der Waals surface area contributed by atoms with Gasteiger partial charge in [0.05, 0.1) is 19.8 Å². The van der Waals surface area contributed by atoms with Gasteiger partial charge in [-0.1, -0.05) is 0 Å². The van der Waals surface area contributed by atoms with Gasteiger partial charge in [-0.25, -0.2) is 0 Å². The van der Waals surface area contributed by atoms with E-state index in [-0.39, 0.29) is 11.7 Å². The quantitative estimate of drug-likeness (QED) is 0.446. The molecule has 0 aromatic carbocycles. The van der Waals surface area contributed by atoms with Crippen molar-refractivity contribution in [3.05, 3.63) is 11.7 Å².